The highest BCUT2D eigenvalue weighted by atomic mass is 16.1. The molecule has 0 aliphatic carbocycles. The van der Waals surface area contributed by atoms with Crippen LogP contribution in [0.5, 0.6) is 0 Å². The molecule has 0 atom stereocenters. The van der Waals surface area contributed by atoms with Crippen LogP contribution in [0.25, 0.3) is 0 Å². The number of carbonyl (C=O) groups excluding carboxylic acids is 1. The van der Waals surface area contributed by atoms with Gasteiger partial charge in [-0.05, 0) is 32.4 Å². The van der Waals surface area contributed by atoms with Crippen LogP contribution in [0.15, 0.2) is 30.3 Å². The average Bonchev–Trinajstić information content (AvgIpc) is 2.34. The van der Waals surface area contributed by atoms with Crippen LogP contribution < -0.4 is 5.73 Å². The molecular formula is C16H31NO. The van der Waals surface area contributed by atoms with E-state index in [0.717, 1.165) is 13.0 Å². The number of rotatable bonds is 2. The summed E-state index contributed by atoms with van der Waals surface area (Å²) in [7, 11) is 0. The first-order valence-electron chi connectivity index (χ1n) is 6.79. The number of carbonyl (C=O) groups is 1. The SMILES string of the molecule is CC.CC(C)=O.CCC.NCCc1ccccc1. The second kappa shape index (κ2) is 21.2. The predicted octanol–water partition coefficient (Wildman–Crippen LogP) is 4.23. The van der Waals surface area contributed by atoms with E-state index < -0.39 is 0 Å². The van der Waals surface area contributed by atoms with Crippen LogP contribution in [-0.2, 0) is 11.2 Å². The third kappa shape index (κ3) is 29.4. The Kier molecular flexibility index (Phi) is 26.0. The Morgan fingerprint density at radius 1 is 1.06 bits per heavy atom. The van der Waals surface area contributed by atoms with E-state index in [0.29, 0.717) is 0 Å². The summed E-state index contributed by atoms with van der Waals surface area (Å²) in [6.45, 7) is 12.0. The van der Waals surface area contributed by atoms with Gasteiger partial charge in [-0.3, -0.25) is 0 Å². The van der Waals surface area contributed by atoms with Crippen LogP contribution in [0, 0.1) is 0 Å². The molecule has 1 aromatic rings. The summed E-state index contributed by atoms with van der Waals surface area (Å²) in [5.74, 6) is 0.167. The third-order valence-electron chi connectivity index (χ3n) is 1.28. The number of hydrogen-bond donors (Lipinski definition) is 1. The van der Waals surface area contributed by atoms with E-state index in [-0.39, 0.29) is 5.78 Å². The van der Waals surface area contributed by atoms with E-state index in [1.807, 2.05) is 32.0 Å². The molecule has 2 N–H and O–H groups in total. The fraction of sp³-hybridized carbons (Fsp3) is 0.562. The van der Waals surface area contributed by atoms with Crippen LogP contribution in [0.3, 0.4) is 0 Å². The van der Waals surface area contributed by atoms with Crippen molar-refractivity contribution in [1.82, 2.24) is 0 Å². The first-order valence-corrected chi connectivity index (χ1v) is 6.79. The molecule has 1 aromatic carbocycles. The highest BCUT2D eigenvalue weighted by molar-refractivity contribution is 5.72. The molecular weight excluding hydrogens is 222 g/mol. The van der Waals surface area contributed by atoms with Gasteiger partial charge >= 0.3 is 0 Å². The van der Waals surface area contributed by atoms with Gasteiger partial charge < -0.3 is 10.5 Å². The highest BCUT2D eigenvalue weighted by Crippen LogP contribution is 1.96. The van der Waals surface area contributed by atoms with Gasteiger partial charge in [-0.1, -0.05) is 64.4 Å². The second-order valence-electron chi connectivity index (χ2n) is 3.64. The molecule has 0 radical (unpaired) electrons. The summed E-state index contributed by atoms with van der Waals surface area (Å²) >= 11 is 0. The van der Waals surface area contributed by atoms with Gasteiger partial charge in [0, 0.05) is 0 Å². The first-order chi connectivity index (χ1) is 8.58. The van der Waals surface area contributed by atoms with Crippen molar-refractivity contribution in [3.05, 3.63) is 35.9 Å². The third-order valence-corrected chi connectivity index (χ3v) is 1.28. The van der Waals surface area contributed by atoms with Gasteiger partial charge in [-0.25, -0.2) is 0 Å². The van der Waals surface area contributed by atoms with Crippen molar-refractivity contribution in [3.63, 3.8) is 0 Å². The molecule has 0 saturated heterocycles. The van der Waals surface area contributed by atoms with Gasteiger partial charge in [-0.2, -0.15) is 0 Å². The first kappa shape index (κ1) is 22.1. The minimum Gasteiger partial charge on any atom is -0.330 e. The predicted molar refractivity (Wildman–Crippen MR) is 82.9 cm³/mol. The Labute approximate surface area is 114 Å². The molecule has 0 aliphatic rings. The maximum Gasteiger partial charge on any atom is 0.126 e. The van der Waals surface area contributed by atoms with Crippen molar-refractivity contribution in [2.75, 3.05) is 6.54 Å². The lowest BCUT2D eigenvalue weighted by atomic mass is 10.2. The number of Topliss-reactive ketones (excluding diaryl/α,β-unsaturated/α-hetero) is 1. The molecule has 0 heterocycles. The molecule has 0 unspecified atom stereocenters. The highest BCUT2D eigenvalue weighted by Gasteiger charge is 1.84. The Morgan fingerprint density at radius 3 is 1.67 bits per heavy atom. The summed E-state index contributed by atoms with van der Waals surface area (Å²) in [6.07, 6.45) is 2.24. The van der Waals surface area contributed by atoms with Crippen molar-refractivity contribution < 1.29 is 4.79 Å². The molecule has 0 spiro atoms. The molecule has 0 fully saturated rings. The van der Waals surface area contributed by atoms with Crippen LogP contribution in [-0.4, -0.2) is 12.3 Å². The van der Waals surface area contributed by atoms with Crippen molar-refractivity contribution in [3.8, 4) is 0 Å². The van der Waals surface area contributed by atoms with Crippen molar-refractivity contribution in [2.45, 2.75) is 54.4 Å². The average molecular weight is 253 g/mol. The van der Waals surface area contributed by atoms with E-state index in [2.05, 4.69) is 26.0 Å². The lowest BCUT2D eigenvalue weighted by molar-refractivity contribution is -0.114. The zero-order valence-electron chi connectivity index (χ0n) is 13.0. The van der Waals surface area contributed by atoms with Crippen molar-refractivity contribution in [1.29, 1.82) is 0 Å². The molecule has 0 aliphatic heterocycles. The van der Waals surface area contributed by atoms with Crippen LogP contribution >= 0.6 is 0 Å². The molecule has 18 heavy (non-hydrogen) atoms. The van der Waals surface area contributed by atoms with Crippen molar-refractivity contribution >= 4 is 5.78 Å². The zero-order chi connectivity index (χ0) is 14.8. The maximum atomic E-state index is 9.44. The minimum atomic E-state index is 0.167. The number of ketones is 1. The minimum absolute atomic E-state index is 0.167. The van der Waals surface area contributed by atoms with Gasteiger partial charge in [0.1, 0.15) is 5.78 Å². The fourth-order valence-corrected chi connectivity index (χ4v) is 0.811. The molecule has 106 valence electrons. The van der Waals surface area contributed by atoms with Crippen LogP contribution in [0.4, 0.5) is 0 Å². The van der Waals surface area contributed by atoms with Gasteiger partial charge in [0.2, 0.25) is 0 Å². The monoisotopic (exact) mass is 253 g/mol. The van der Waals surface area contributed by atoms with E-state index in [9.17, 15) is 4.79 Å². The number of hydrogen-bond acceptors (Lipinski definition) is 2. The Morgan fingerprint density at radius 2 is 1.39 bits per heavy atom. The topological polar surface area (TPSA) is 43.1 Å². The Hall–Kier alpha value is -1.15. The van der Waals surface area contributed by atoms with E-state index in [1.54, 1.807) is 0 Å². The molecule has 0 aromatic heterocycles. The van der Waals surface area contributed by atoms with E-state index in [4.69, 9.17) is 5.73 Å². The summed E-state index contributed by atoms with van der Waals surface area (Å²) < 4.78 is 0. The summed E-state index contributed by atoms with van der Waals surface area (Å²) in [4.78, 5) is 9.44. The maximum absolute atomic E-state index is 9.44. The lowest BCUT2D eigenvalue weighted by Gasteiger charge is -1.93. The quantitative estimate of drug-likeness (QED) is 0.857. The van der Waals surface area contributed by atoms with Gasteiger partial charge in [-0.15, -0.1) is 0 Å². The Balaban J connectivity index is -0.000000212. The zero-order valence-corrected chi connectivity index (χ0v) is 13.0. The lowest BCUT2D eigenvalue weighted by Crippen LogP contribution is -2.01. The van der Waals surface area contributed by atoms with Gasteiger partial charge in [0.25, 0.3) is 0 Å². The summed E-state index contributed by atoms with van der Waals surface area (Å²) in [6, 6.07) is 10.3. The number of benzene rings is 1. The second-order valence-corrected chi connectivity index (χ2v) is 3.64. The fourth-order valence-electron chi connectivity index (χ4n) is 0.811. The standard InChI is InChI=1S/C8H11N.C3H6O.C3H8.C2H6/c9-7-6-8-4-2-1-3-5-8;1-3(2)4;1-3-2;1-2/h1-5H,6-7,9H2;1-2H3;3H2,1-2H3;1-2H3. The van der Waals surface area contributed by atoms with E-state index >= 15 is 0 Å². The molecule has 0 saturated carbocycles. The summed E-state index contributed by atoms with van der Waals surface area (Å²) in [5.41, 5.74) is 6.68. The number of nitrogens with two attached hydrogens (primary N) is 1. The van der Waals surface area contributed by atoms with E-state index in [1.165, 1.54) is 25.8 Å². The molecule has 0 bridgehead atoms. The van der Waals surface area contributed by atoms with Crippen molar-refractivity contribution in [2.24, 2.45) is 5.73 Å². The van der Waals surface area contributed by atoms with Crippen LogP contribution in [0.1, 0.15) is 53.5 Å². The smallest absolute Gasteiger partial charge is 0.126 e. The van der Waals surface area contributed by atoms with Gasteiger partial charge in [0.05, 0.1) is 0 Å². The Bertz CT molecular complexity index is 241. The molecule has 1 rings (SSSR count). The molecule has 2 heteroatoms. The largest absolute Gasteiger partial charge is 0.330 e. The normalized spacial score (nSPS) is 7.50. The molecule has 0 amide bonds. The van der Waals surface area contributed by atoms with Gasteiger partial charge in [0.15, 0.2) is 0 Å². The molecule has 2 nitrogen and oxygen atoms in total. The summed E-state index contributed by atoms with van der Waals surface area (Å²) in [5, 5.41) is 0. The van der Waals surface area contributed by atoms with Crippen LogP contribution in [0.2, 0.25) is 0 Å².